The average molecular weight is 367 g/mol. The number of aromatic amines is 1. The molecule has 0 saturated heterocycles. The lowest BCUT2D eigenvalue weighted by molar-refractivity contribution is 0.606. The van der Waals surface area contributed by atoms with Gasteiger partial charge in [-0.25, -0.2) is 9.37 Å². The number of halogens is 1. The molecule has 5 nitrogen and oxygen atoms in total. The lowest BCUT2D eigenvalue weighted by Gasteiger charge is -2.11. The van der Waals surface area contributed by atoms with Gasteiger partial charge in [0.15, 0.2) is 5.96 Å². The Morgan fingerprint density at radius 3 is 2.70 bits per heavy atom. The number of H-pyrrole nitrogens is 1. The van der Waals surface area contributed by atoms with Gasteiger partial charge in [0.2, 0.25) is 0 Å². The van der Waals surface area contributed by atoms with Gasteiger partial charge in [0.25, 0.3) is 0 Å². The third-order valence-electron chi connectivity index (χ3n) is 4.27. The van der Waals surface area contributed by atoms with Crippen molar-refractivity contribution in [2.75, 3.05) is 19.6 Å². The van der Waals surface area contributed by atoms with E-state index in [2.05, 4.69) is 25.6 Å². The zero-order chi connectivity index (χ0) is 18.9. The number of hydrogen-bond donors (Lipinski definition) is 3. The van der Waals surface area contributed by atoms with Crippen LogP contribution in [-0.2, 0) is 12.8 Å². The summed E-state index contributed by atoms with van der Waals surface area (Å²) in [7, 11) is 0. The fourth-order valence-electron chi connectivity index (χ4n) is 2.92. The summed E-state index contributed by atoms with van der Waals surface area (Å²) in [6.45, 7) is 4.15. The Labute approximate surface area is 159 Å². The second-order valence-electron chi connectivity index (χ2n) is 6.33. The van der Waals surface area contributed by atoms with Crippen molar-refractivity contribution in [2.45, 2.75) is 26.2 Å². The molecule has 0 fully saturated rings. The van der Waals surface area contributed by atoms with Crippen LogP contribution in [0.4, 0.5) is 4.39 Å². The van der Waals surface area contributed by atoms with Crippen LogP contribution in [0, 0.1) is 5.82 Å². The fourth-order valence-corrected chi connectivity index (χ4v) is 2.92. The number of aromatic nitrogens is 2. The van der Waals surface area contributed by atoms with Crippen LogP contribution in [-0.4, -0.2) is 35.6 Å². The Morgan fingerprint density at radius 1 is 1.07 bits per heavy atom. The molecular weight excluding hydrogens is 341 g/mol. The summed E-state index contributed by atoms with van der Waals surface area (Å²) in [5, 5.41) is 6.49. The number of rotatable bonds is 8. The van der Waals surface area contributed by atoms with Gasteiger partial charge in [0.1, 0.15) is 11.6 Å². The highest BCUT2D eigenvalue weighted by molar-refractivity contribution is 5.79. The molecule has 0 spiro atoms. The number of guanidine groups is 1. The third kappa shape index (κ3) is 5.54. The van der Waals surface area contributed by atoms with E-state index in [4.69, 9.17) is 0 Å². The molecule has 0 radical (unpaired) electrons. The van der Waals surface area contributed by atoms with Gasteiger partial charge in [-0.15, -0.1) is 0 Å². The van der Waals surface area contributed by atoms with E-state index in [1.54, 1.807) is 6.07 Å². The molecule has 0 amide bonds. The molecule has 27 heavy (non-hydrogen) atoms. The monoisotopic (exact) mass is 367 g/mol. The maximum Gasteiger partial charge on any atom is 0.191 e. The minimum Gasteiger partial charge on any atom is -0.357 e. The summed E-state index contributed by atoms with van der Waals surface area (Å²) in [5.41, 5.74) is 2.78. The minimum absolute atomic E-state index is 0.160. The van der Waals surface area contributed by atoms with Crippen LogP contribution < -0.4 is 10.6 Å². The molecule has 142 valence electrons. The number of para-hydroxylation sites is 2. The first-order valence-corrected chi connectivity index (χ1v) is 9.45. The van der Waals surface area contributed by atoms with E-state index in [1.165, 1.54) is 6.07 Å². The molecule has 3 aromatic rings. The Morgan fingerprint density at radius 2 is 1.89 bits per heavy atom. The Balaban J connectivity index is 1.46. The highest BCUT2D eigenvalue weighted by Gasteiger charge is 2.03. The zero-order valence-electron chi connectivity index (χ0n) is 15.6. The molecule has 0 bridgehead atoms. The summed E-state index contributed by atoms with van der Waals surface area (Å²) >= 11 is 0. The Kier molecular flexibility index (Phi) is 6.79. The maximum atomic E-state index is 13.7. The summed E-state index contributed by atoms with van der Waals surface area (Å²) in [4.78, 5) is 12.5. The van der Waals surface area contributed by atoms with Crippen LogP contribution in [0.5, 0.6) is 0 Å². The van der Waals surface area contributed by atoms with Crippen LogP contribution >= 0.6 is 0 Å². The Bertz CT molecular complexity index is 854. The van der Waals surface area contributed by atoms with Crippen molar-refractivity contribution in [2.24, 2.45) is 4.99 Å². The standard InChI is InChI=1S/C21H26FN5/c1-2-23-21(25-15-13-16-8-3-4-9-17(16)22)24-14-7-12-20-26-18-10-5-6-11-19(18)27-20/h3-6,8-11H,2,7,12-15H2,1H3,(H,26,27)(H2,23,24,25). The van der Waals surface area contributed by atoms with Gasteiger partial charge in [-0.05, 0) is 43.5 Å². The van der Waals surface area contributed by atoms with Crippen molar-refractivity contribution in [3.8, 4) is 0 Å². The number of aryl methyl sites for hydroxylation is 1. The third-order valence-corrected chi connectivity index (χ3v) is 4.27. The van der Waals surface area contributed by atoms with Crippen molar-refractivity contribution >= 4 is 17.0 Å². The number of imidazole rings is 1. The van der Waals surface area contributed by atoms with E-state index >= 15 is 0 Å². The predicted molar refractivity (Wildman–Crippen MR) is 109 cm³/mol. The summed E-state index contributed by atoms with van der Waals surface area (Å²) in [6, 6.07) is 14.9. The van der Waals surface area contributed by atoms with Gasteiger partial charge < -0.3 is 15.6 Å². The molecular formula is C21H26FN5. The zero-order valence-corrected chi connectivity index (χ0v) is 15.6. The molecule has 2 aromatic carbocycles. The largest absolute Gasteiger partial charge is 0.357 e. The van der Waals surface area contributed by atoms with Gasteiger partial charge in [0, 0.05) is 26.1 Å². The minimum atomic E-state index is -0.160. The predicted octanol–water partition coefficient (Wildman–Crippen LogP) is 3.43. The first kappa shape index (κ1) is 18.9. The number of nitrogens with zero attached hydrogens (tertiary/aromatic N) is 2. The molecule has 1 aromatic heterocycles. The van der Waals surface area contributed by atoms with Gasteiger partial charge in [0.05, 0.1) is 11.0 Å². The number of nitrogens with one attached hydrogen (secondary N) is 3. The smallest absolute Gasteiger partial charge is 0.191 e. The fraction of sp³-hybridized carbons (Fsp3) is 0.333. The van der Waals surface area contributed by atoms with E-state index < -0.39 is 0 Å². The topological polar surface area (TPSA) is 65.1 Å². The first-order chi connectivity index (χ1) is 13.3. The van der Waals surface area contributed by atoms with Crippen LogP contribution in [0.25, 0.3) is 11.0 Å². The van der Waals surface area contributed by atoms with Gasteiger partial charge in [-0.1, -0.05) is 30.3 Å². The molecule has 6 heteroatoms. The molecule has 0 saturated carbocycles. The quantitative estimate of drug-likeness (QED) is 0.325. The molecule has 1 heterocycles. The first-order valence-electron chi connectivity index (χ1n) is 9.45. The van der Waals surface area contributed by atoms with Crippen molar-refractivity contribution < 1.29 is 4.39 Å². The number of fused-ring (bicyclic) bond motifs is 1. The summed E-state index contributed by atoms with van der Waals surface area (Å²) in [6.07, 6.45) is 2.38. The van der Waals surface area contributed by atoms with Gasteiger partial charge >= 0.3 is 0 Å². The summed E-state index contributed by atoms with van der Waals surface area (Å²) in [5.74, 6) is 1.59. The van der Waals surface area contributed by atoms with Crippen LogP contribution in [0.2, 0.25) is 0 Å². The lowest BCUT2D eigenvalue weighted by atomic mass is 10.1. The molecule has 0 unspecified atom stereocenters. The van der Waals surface area contributed by atoms with Crippen LogP contribution in [0.15, 0.2) is 53.5 Å². The van der Waals surface area contributed by atoms with Crippen LogP contribution in [0.1, 0.15) is 24.7 Å². The molecule has 0 aliphatic heterocycles. The highest BCUT2D eigenvalue weighted by atomic mass is 19.1. The van der Waals surface area contributed by atoms with Crippen LogP contribution in [0.3, 0.4) is 0 Å². The number of benzene rings is 2. The molecule has 0 aliphatic rings. The van der Waals surface area contributed by atoms with E-state index in [0.717, 1.165) is 42.2 Å². The maximum absolute atomic E-state index is 13.7. The van der Waals surface area contributed by atoms with E-state index in [0.29, 0.717) is 25.1 Å². The van der Waals surface area contributed by atoms with E-state index in [-0.39, 0.29) is 5.82 Å². The molecule has 3 rings (SSSR count). The molecule has 0 aliphatic carbocycles. The van der Waals surface area contributed by atoms with Gasteiger partial charge in [-0.3, -0.25) is 4.99 Å². The second kappa shape index (κ2) is 9.71. The SMILES string of the molecule is CCNC(=NCCCc1nc2ccccc2[nH]1)NCCc1ccccc1F. The van der Waals surface area contributed by atoms with Crippen molar-refractivity contribution in [1.82, 2.24) is 20.6 Å². The van der Waals surface area contributed by atoms with E-state index in [9.17, 15) is 4.39 Å². The normalized spacial score (nSPS) is 11.7. The molecule has 0 atom stereocenters. The number of hydrogen-bond acceptors (Lipinski definition) is 2. The second-order valence-corrected chi connectivity index (χ2v) is 6.33. The summed E-state index contributed by atoms with van der Waals surface area (Å²) < 4.78 is 13.7. The van der Waals surface area contributed by atoms with E-state index in [1.807, 2.05) is 43.3 Å². The van der Waals surface area contributed by atoms with Crippen molar-refractivity contribution in [3.63, 3.8) is 0 Å². The van der Waals surface area contributed by atoms with Crippen molar-refractivity contribution in [1.29, 1.82) is 0 Å². The lowest BCUT2D eigenvalue weighted by Crippen LogP contribution is -2.38. The average Bonchev–Trinajstić information content (AvgIpc) is 3.09. The number of aliphatic imine (C=N–C) groups is 1. The molecule has 3 N–H and O–H groups in total. The Hall–Kier alpha value is -2.89. The van der Waals surface area contributed by atoms with Gasteiger partial charge in [-0.2, -0.15) is 0 Å². The highest BCUT2D eigenvalue weighted by Crippen LogP contribution is 2.11. The van der Waals surface area contributed by atoms with Crippen molar-refractivity contribution in [3.05, 3.63) is 65.7 Å².